The first-order valence-electron chi connectivity index (χ1n) is 8.29. The molecule has 1 fully saturated rings. The van der Waals surface area contributed by atoms with E-state index in [4.69, 9.17) is 4.52 Å². The van der Waals surface area contributed by atoms with Crippen LogP contribution >= 0.6 is 0 Å². The minimum Gasteiger partial charge on any atom is -0.360 e. The molecule has 0 radical (unpaired) electrons. The summed E-state index contributed by atoms with van der Waals surface area (Å²) in [7, 11) is 0. The van der Waals surface area contributed by atoms with Gasteiger partial charge in [0.1, 0.15) is 11.5 Å². The van der Waals surface area contributed by atoms with Crippen LogP contribution < -0.4 is 5.32 Å². The zero-order valence-electron chi connectivity index (χ0n) is 14.4. The number of carbonyl (C=O) groups excluding carboxylic acids is 2. The van der Waals surface area contributed by atoms with Gasteiger partial charge in [-0.3, -0.25) is 14.6 Å². The average Bonchev–Trinajstić information content (AvgIpc) is 3.06. The van der Waals surface area contributed by atoms with Crippen LogP contribution in [0.3, 0.4) is 0 Å². The minimum absolute atomic E-state index is 0.0792. The predicted molar refractivity (Wildman–Crippen MR) is 91.4 cm³/mol. The molecule has 25 heavy (non-hydrogen) atoms. The van der Waals surface area contributed by atoms with E-state index in [1.54, 1.807) is 19.1 Å². The Morgan fingerprint density at radius 1 is 1.24 bits per heavy atom. The SMILES string of the molecule is CCN1CCN(C(=O)c2ccnc(C(=O)Nc3cc(C)on3)c2)CC1. The summed E-state index contributed by atoms with van der Waals surface area (Å²) in [5.41, 5.74) is 0.625. The van der Waals surface area contributed by atoms with Crippen molar-refractivity contribution in [2.75, 3.05) is 38.0 Å². The summed E-state index contributed by atoms with van der Waals surface area (Å²) in [5.74, 6) is 0.401. The van der Waals surface area contributed by atoms with Crippen molar-refractivity contribution in [2.24, 2.45) is 0 Å². The number of likely N-dealkylation sites (N-methyl/N-ethyl adjacent to an activating group) is 1. The number of piperazine rings is 1. The highest BCUT2D eigenvalue weighted by Gasteiger charge is 2.22. The molecule has 132 valence electrons. The summed E-state index contributed by atoms with van der Waals surface area (Å²) in [6.07, 6.45) is 1.47. The molecule has 2 aromatic rings. The van der Waals surface area contributed by atoms with Gasteiger partial charge in [0.25, 0.3) is 11.8 Å². The second-order valence-electron chi connectivity index (χ2n) is 5.93. The molecule has 0 saturated carbocycles. The van der Waals surface area contributed by atoms with E-state index in [-0.39, 0.29) is 11.6 Å². The Balaban J connectivity index is 1.68. The first-order chi connectivity index (χ1) is 12.1. The molecule has 8 heteroatoms. The van der Waals surface area contributed by atoms with Crippen molar-refractivity contribution in [3.63, 3.8) is 0 Å². The van der Waals surface area contributed by atoms with Gasteiger partial charge in [-0.05, 0) is 25.6 Å². The quantitative estimate of drug-likeness (QED) is 0.902. The number of hydrogen-bond donors (Lipinski definition) is 1. The third kappa shape index (κ3) is 4.03. The lowest BCUT2D eigenvalue weighted by atomic mass is 10.1. The van der Waals surface area contributed by atoms with Gasteiger partial charge in [0.15, 0.2) is 5.82 Å². The first kappa shape index (κ1) is 17.1. The fourth-order valence-electron chi connectivity index (χ4n) is 2.74. The lowest BCUT2D eigenvalue weighted by Crippen LogP contribution is -2.48. The van der Waals surface area contributed by atoms with Gasteiger partial charge < -0.3 is 19.6 Å². The zero-order chi connectivity index (χ0) is 17.8. The van der Waals surface area contributed by atoms with Crippen molar-refractivity contribution in [3.8, 4) is 0 Å². The van der Waals surface area contributed by atoms with Crippen molar-refractivity contribution >= 4 is 17.6 Å². The van der Waals surface area contributed by atoms with E-state index in [9.17, 15) is 9.59 Å². The number of carbonyl (C=O) groups is 2. The largest absolute Gasteiger partial charge is 0.360 e. The molecule has 2 aromatic heterocycles. The number of nitrogens with one attached hydrogen (secondary N) is 1. The van der Waals surface area contributed by atoms with Gasteiger partial charge in [-0.2, -0.15) is 0 Å². The van der Waals surface area contributed by atoms with Crippen LogP contribution in [0.4, 0.5) is 5.82 Å². The van der Waals surface area contributed by atoms with Crippen molar-refractivity contribution < 1.29 is 14.1 Å². The summed E-state index contributed by atoms with van der Waals surface area (Å²) in [6, 6.07) is 4.75. The maximum absolute atomic E-state index is 12.7. The smallest absolute Gasteiger partial charge is 0.275 e. The fraction of sp³-hybridized carbons (Fsp3) is 0.412. The molecule has 0 spiro atoms. The fourth-order valence-corrected chi connectivity index (χ4v) is 2.74. The molecule has 1 saturated heterocycles. The third-order valence-electron chi connectivity index (χ3n) is 4.22. The van der Waals surface area contributed by atoms with E-state index in [0.29, 0.717) is 30.2 Å². The van der Waals surface area contributed by atoms with Crippen LogP contribution in [0.15, 0.2) is 28.9 Å². The van der Waals surface area contributed by atoms with E-state index in [1.807, 2.05) is 4.90 Å². The minimum atomic E-state index is -0.432. The number of pyridine rings is 1. The molecule has 0 aromatic carbocycles. The van der Waals surface area contributed by atoms with Crippen LogP contribution in [0, 0.1) is 6.92 Å². The lowest BCUT2D eigenvalue weighted by Gasteiger charge is -2.34. The molecule has 1 aliphatic heterocycles. The molecule has 0 aliphatic carbocycles. The maximum Gasteiger partial charge on any atom is 0.275 e. The molecular formula is C17H21N5O3. The summed E-state index contributed by atoms with van der Waals surface area (Å²) >= 11 is 0. The molecule has 3 rings (SSSR count). The van der Waals surface area contributed by atoms with Gasteiger partial charge in [0.2, 0.25) is 0 Å². The van der Waals surface area contributed by atoms with E-state index >= 15 is 0 Å². The number of amides is 2. The molecule has 1 aliphatic rings. The first-order valence-corrected chi connectivity index (χ1v) is 8.29. The summed E-state index contributed by atoms with van der Waals surface area (Å²) in [4.78, 5) is 33.1. The highest BCUT2D eigenvalue weighted by molar-refractivity contribution is 6.04. The number of rotatable bonds is 4. The van der Waals surface area contributed by atoms with Gasteiger partial charge in [-0.1, -0.05) is 12.1 Å². The molecule has 1 N–H and O–H groups in total. The van der Waals surface area contributed by atoms with Gasteiger partial charge >= 0.3 is 0 Å². The Morgan fingerprint density at radius 2 is 2.00 bits per heavy atom. The Hall–Kier alpha value is -2.74. The normalized spacial score (nSPS) is 15.2. The van der Waals surface area contributed by atoms with E-state index < -0.39 is 5.91 Å². The van der Waals surface area contributed by atoms with Crippen molar-refractivity contribution in [1.82, 2.24) is 19.9 Å². The molecule has 3 heterocycles. The number of aromatic nitrogens is 2. The number of hydrogen-bond acceptors (Lipinski definition) is 6. The second kappa shape index (κ2) is 7.43. The molecule has 2 amide bonds. The van der Waals surface area contributed by atoms with Gasteiger partial charge in [-0.15, -0.1) is 0 Å². The molecule has 0 atom stereocenters. The Bertz CT molecular complexity index is 765. The number of anilines is 1. The van der Waals surface area contributed by atoms with Crippen LogP contribution in [-0.4, -0.2) is 64.5 Å². The topological polar surface area (TPSA) is 91.6 Å². The summed E-state index contributed by atoms with van der Waals surface area (Å²) in [6.45, 7) is 7.95. The number of aryl methyl sites for hydroxylation is 1. The van der Waals surface area contributed by atoms with Crippen molar-refractivity contribution in [1.29, 1.82) is 0 Å². The van der Waals surface area contributed by atoms with E-state index in [2.05, 4.69) is 27.3 Å². The highest BCUT2D eigenvalue weighted by atomic mass is 16.5. The van der Waals surface area contributed by atoms with Crippen molar-refractivity contribution in [3.05, 3.63) is 41.4 Å². The monoisotopic (exact) mass is 343 g/mol. The van der Waals surface area contributed by atoms with Gasteiger partial charge in [0, 0.05) is 44.0 Å². The Morgan fingerprint density at radius 3 is 2.64 bits per heavy atom. The van der Waals surface area contributed by atoms with Crippen molar-refractivity contribution in [2.45, 2.75) is 13.8 Å². The van der Waals surface area contributed by atoms with Crippen LogP contribution in [-0.2, 0) is 0 Å². The Labute approximate surface area is 145 Å². The standard InChI is InChI=1S/C17H21N5O3/c1-3-21-6-8-22(9-7-21)17(24)13-4-5-18-14(11-13)16(23)19-15-10-12(2)25-20-15/h4-5,10-11H,3,6-9H2,1-2H3,(H,19,20,23). The third-order valence-corrected chi connectivity index (χ3v) is 4.22. The number of nitrogens with zero attached hydrogens (tertiary/aromatic N) is 4. The second-order valence-corrected chi connectivity index (χ2v) is 5.93. The average molecular weight is 343 g/mol. The summed E-state index contributed by atoms with van der Waals surface area (Å²) in [5, 5.41) is 6.31. The van der Waals surface area contributed by atoms with Gasteiger partial charge in [0.05, 0.1) is 0 Å². The Kier molecular flexibility index (Phi) is 5.08. The van der Waals surface area contributed by atoms with E-state index in [0.717, 1.165) is 19.6 Å². The molecule has 0 unspecified atom stereocenters. The lowest BCUT2D eigenvalue weighted by molar-refractivity contribution is 0.0643. The maximum atomic E-state index is 12.7. The summed E-state index contributed by atoms with van der Waals surface area (Å²) < 4.78 is 4.91. The molecule has 8 nitrogen and oxygen atoms in total. The zero-order valence-corrected chi connectivity index (χ0v) is 14.4. The van der Waals surface area contributed by atoms with Crippen LogP contribution in [0.25, 0.3) is 0 Å². The van der Waals surface area contributed by atoms with Gasteiger partial charge in [-0.25, -0.2) is 0 Å². The highest BCUT2D eigenvalue weighted by Crippen LogP contribution is 2.12. The molecular weight excluding hydrogens is 322 g/mol. The van der Waals surface area contributed by atoms with E-state index in [1.165, 1.54) is 12.3 Å². The van der Waals surface area contributed by atoms with Crippen LogP contribution in [0.5, 0.6) is 0 Å². The van der Waals surface area contributed by atoms with Crippen LogP contribution in [0.1, 0.15) is 33.5 Å². The predicted octanol–water partition coefficient (Wildman–Crippen LogP) is 1.41. The van der Waals surface area contributed by atoms with Crippen LogP contribution in [0.2, 0.25) is 0 Å². The molecule has 0 bridgehead atoms.